The van der Waals surface area contributed by atoms with E-state index in [1.807, 2.05) is 12.1 Å². The van der Waals surface area contributed by atoms with E-state index in [0.29, 0.717) is 19.0 Å². The second kappa shape index (κ2) is 9.29. The van der Waals surface area contributed by atoms with Crippen LogP contribution in [0.2, 0.25) is 0 Å². The summed E-state index contributed by atoms with van der Waals surface area (Å²) in [6.07, 6.45) is 2.26. The lowest BCUT2D eigenvalue weighted by molar-refractivity contribution is -0.244. The minimum atomic E-state index is -0.289. The van der Waals surface area contributed by atoms with E-state index in [2.05, 4.69) is 87.2 Å². The lowest BCUT2D eigenvalue weighted by atomic mass is 9.79. The molecule has 0 rings (SSSR count). The molecular weight excluding hydrogens is 344 g/mol. The van der Waals surface area contributed by atoms with Crippen molar-refractivity contribution in [3.8, 4) is 0 Å². The van der Waals surface area contributed by atoms with Gasteiger partial charge in [-0.05, 0) is 51.4 Å². The summed E-state index contributed by atoms with van der Waals surface area (Å²) in [6.45, 7) is 21.9. The van der Waals surface area contributed by atoms with Crippen LogP contribution in [0.25, 0.3) is 0 Å². The Bertz CT molecular complexity index is 451. The molecule has 0 radical (unpaired) electrons. The number of nitrogens with one attached hydrogen (secondary N) is 1. The maximum atomic E-state index is 12.4. The highest BCUT2D eigenvalue weighted by Crippen LogP contribution is 2.35. The predicted molar refractivity (Wildman–Crippen MR) is 116 cm³/mol. The van der Waals surface area contributed by atoms with Crippen molar-refractivity contribution < 1.29 is 9.63 Å². The molecule has 0 unspecified atom stereocenters. The molecule has 1 N–H and O–H groups in total. The molecule has 0 saturated carbocycles. The molecule has 0 aromatic carbocycles. The molecule has 156 valence electrons. The minimum Gasteiger partial charge on any atom is -0.356 e. The van der Waals surface area contributed by atoms with E-state index in [9.17, 15) is 4.79 Å². The zero-order chi connectivity index (χ0) is 21.0. The fourth-order valence-corrected chi connectivity index (χ4v) is 4.24. The monoisotopic (exact) mass is 388 g/mol. The molecule has 4 nitrogen and oxygen atoms in total. The van der Waals surface area contributed by atoms with Crippen LogP contribution in [0.1, 0.15) is 88.5 Å². The number of carbonyl (C=O) groups excluding carboxylic acids is 1. The third-order valence-corrected chi connectivity index (χ3v) is 4.50. The van der Waals surface area contributed by atoms with Gasteiger partial charge < -0.3 is 5.32 Å². The summed E-state index contributed by atoms with van der Waals surface area (Å²) in [5.74, 6) is 0.110. The summed E-state index contributed by atoms with van der Waals surface area (Å²) in [5, 5.41) is 5.03. The second-order valence-electron chi connectivity index (χ2n) is 10.9. The second-order valence-corrected chi connectivity index (χ2v) is 12.1. The molecule has 0 aliphatic rings. The maximum absolute atomic E-state index is 12.4. The molecule has 0 aliphatic carbocycles. The zero-order valence-corrected chi connectivity index (χ0v) is 20.0. The topological polar surface area (TPSA) is 41.6 Å². The number of hydrogen-bond donors (Lipinski definition) is 2. The van der Waals surface area contributed by atoms with Crippen molar-refractivity contribution in [2.75, 3.05) is 13.6 Å². The Morgan fingerprint density at radius 3 is 1.92 bits per heavy atom. The first kappa shape index (κ1) is 25.7. The molecular formula is C21H44N2O2S. The molecule has 0 atom stereocenters. The highest BCUT2D eigenvalue weighted by molar-refractivity contribution is 7.81. The van der Waals surface area contributed by atoms with Crippen molar-refractivity contribution >= 4 is 18.5 Å². The van der Waals surface area contributed by atoms with E-state index in [1.165, 1.54) is 0 Å². The number of carbonyl (C=O) groups is 1. The lowest BCUT2D eigenvalue weighted by Gasteiger charge is -2.38. The van der Waals surface area contributed by atoms with E-state index in [4.69, 9.17) is 4.84 Å². The number of nitrogens with zero attached hydrogens (tertiary/aromatic N) is 1. The van der Waals surface area contributed by atoms with Gasteiger partial charge in [0.25, 0.3) is 0 Å². The molecule has 0 bridgehead atoms. The Morgan fingerprint density at radius 2 is 1.50 bits per heavy atom. The standard InChI is InChI=1S/C21H44N2O2S/c1-16(2)23(11)25-20(7,8)13-19(5,6)15-22-17(24)12-18(3,4)14-21(9,10)26/h16,26H,12-15H2,1-11H3,(H,22,24). The summed E-state index contributed by atoms with van der Waals surface area (Å²) in [5.41, 5.74) is -0.408. The van der Waals surface area contributed by atoms with Gasteiger partial charge in [-0.15, -0.1) is 0 Å². The molecule has 0 aromatic rings. The lowest BCUT2D eigenvalue weighted by Crippen LogP contribution is -2.44. The Balaban J connectivity index is 4.61. The first-order valence-corrected chi connectivity index (χ1v) is 10.2. The minimum absolute atomic E-state index is 0.0516. The van der Waals surface area contributed by atoms with Gasteiger partial charge in [-0.25, -0.2) is 0 Å². The van der Waals surface area contributed by atoms with Crippen LogP contribution in [-0.2, 0) is 9.63 Å². The highest BCUT2D eigenvalue weighted by atomic mass is 32.1. The number of thiol groups is 1. The van der Waals surface area contributed by atoms with Crippen molar-refractivity contribution in [2.24, 2.45) is 10.8 Å². The molecule has 5 heteroatoms. The van der Waals surface area contributed by atoms with Crippen molar-refractivity contribution in [1.29, 1.82) is 0 Å². The van der Waals surface area contributed by atoms with Gasteiger partial charge in [0.1, 0.15) is 0 Å². The van der Waals surface area contributed by atoms with Gasteiger partial charge in [0, 0.05) is 30.8 Å². The third-order valence-electron chi connectivity index (χ3n) is 4.34. The first-order valence-electron chi connectivity index (χ1n) is 9.75. The molecule has 0 heterocycles. The fourth-order valence-electron chi connectivity index (χ4n) is 3.81. The van der Waals surface area contributed by atoms with Crippen LogP contribution in [0, 0.1) is 10.8 Å². The van der Waals surface area contributed by atoms with Gasteiger partial charge in [0.05, 0.1) is 5.60 Å². The Labute approximate surface area is 168 Å². The summed E-state index contributed by atoms with van der Waals surface area (Å²) in [4.78, 5) is 18.5. The Hall–Kier alpha value is -0.260. The molecule has 26 heavy (non-hydrogen) atoms. The van der Waals surface area contributed by atoms with E-state index in [-0.39, 0.29) is 27.1 Å². The average Bonchev–Trinajstić information content (AvgIpc) is 2.30. The van der Waals surface area contributed by atoms with Crippen LogP contribution in [0.3, 0.4) is 0 Å². The van der Waals surface area contributed by atoms with Crippen LogP contribution >= 0.6 is 12.6 Å². The Kier molecular flexibility index (Phi) is 9.20. The number of amides is 1. The van der Waals surface area contributed by atoms with Crippen LogP contribution in [-0.4, -0.2) is 41.0 Å². The molecule has 0 saturated heterocycles. The molecule has 0 aromatic heterocycles. The van der Waals surface area contributed by atoms with Gasteiger partial charge in [0.2, 0.25) is 5.91 Å². The predicted octanol–water partition coefficient (Wildman–Crippen LogP) is 5.08. The molecule has 0 fully saturated rings. The van der Waals surface area contributed by atoms with Crippen molar-refractivity contribution in [3.63, 3.8) is 0 Å². The quantitative estimate of drug-likeness (QED) is 0.383. The summed E-state index contributed by atoms with van der Waals surface area (Å²) >= 11 is 4.61. The van der Waals surface area contributed by atoms with Crippen LogP contribution in [0.15, 0.2) is 0 Å². The van der Waals surface area contributed by atoms with Gasteiger partial charge in [-0.3, -0.25) is 9.63 Å². The smallest absolute Gasteiger partial charge is 0.220 e. The van der Waals surface area contributed by atoms with Gasteiger partial charge in [-0.1, -0.05) is 41.5 Å². The highest BCUT2D eigenvalue weighted by Gasteiger charge is 2.33. The number of hydrogen-bond acceptors (Lipinski definition) is 4. The van der Waals surface area contributed by atoms with Crippen molar-refractivity contribution in [2.45, 2.75) is 105 Å². The summed E-state index contributed by atoms with van der Waals surface area (Å²) in [6, 6.07) is 0.329. The number of rotatable bonds is 11. The van der Waals surface area contributed by atoms with Crippen LogP contribution in [0.4, 0.5) is 0 Å². The van der Waals surface area contributed by atoms with E-state index in [1.54, 1.807) is 0 Å². The Morgan fingerprint density at radius 1 is 1.00 bits per heavy atom. The summed E-state index contributed by atoms with van der Waals surface area (Å²) < 4.78 is -0.0765. The van der Waals surface area contributed by atoms with E-state index in [0.717, 1.165) is 12.8 Å². The average molecular weight is 389 g/mol. The third kappa shape index (κ3) is 12.2. The zero-order valence-electron chi connectivity index (χ0n) is 19.1. The normalized spacial score (nSPS) is 14.2. The SMILES string of the molecule is CC(C)N(C)OC(C)(C)CC(C)(C)CNC(=O)CC(C)(C)CC(C)(C)S. The van der Waals surface area contributed by atoms with Gasteiger partial charge in [0.15, 0.2) is 0 Å². The maximum Gasteiger partial charge on any atom is 0.220 e. The first-order chi connectivity index (χ1) is 11.3. The molecule has 0 spiro atoms. The largest absolute Gasteiger partial charge is 0.356 e. The van der Waals surface area contributed by atoms with Crippen LogP contribution < -0.4 is 5.32 Å². The number of hydroxylamine groups is 2. The summed E-state index contributed by atoms with van der Waals surface area (Å²) in [7, 11) is 1.96. The van der Waals surface area contributed by atoms with Crippen molar-refractivity contribution in [3.05, 3.63) is 0 Å². The fraction of sp³-hybridized carbons (Fsp3) is 0.952. The van der Waals surface area contributed by atoms with E-state index < -0.39 is 0 Å². The molecule has 1 amide bonds. The van der Waals surface area contributed by atoms with Gasteiger partial charge in [-0.2, -0.15) is 17.7 Å². The van der Waals surface area contributed by atoms with E-state index >= 15 is 0 Å². The van der Waals surface area contributed by atoms with Gasteiger partial charge >= 0.3 is 0 Å². The van der Waals surface area contributed by atoms with Crippen molar-refractivity contribution in [1.82, 2.24) is 10.4 Å². The molecule has 0 aliphatic heterocycles. The van der Waals surface area contributed by atoms with Crippen LogP contribution in [0.5, 0.6) is 0 Å².